The minimum atomic E-state index is -0.632. The number of aromatic nitrogens is 2. The lowest BCUT2D eigenvalue weighted by Gasteiger charge is -2.19. The number of carbonyl (C=O) groups is 1. The molecule has 1 aliphatic rings. The van der Waals surface area contributed by atoms with E-state index in [4.69, 9.17) is 0 Å². The quantitative estimate of drug-likeness (QED) is 0.578. The molecule has 0 spiro atoms. The van der Waals surface area contributed by atoms with Crippen LogP contribution >= 0.6 is 0 Å². The van der Waals surface area contributed by atoms with E-state index in [2.05, 4.69) is 59.9 Å². The molecule has 0 radical (unpaired) electrons. The summed E-state index contributed by atoms with van der Waals surface area (Å²) in [6.07, 6.45) is 4.26. The zero-order chi connectivity index (χ0) is 23.6. The predicted octanol–water partition coefficient (Wildman–Crippen LogP) is 4.40. The number of nitrogens with one attached hydrogen (secondary N) is 1. The lowest BCUT2D eigenvalue weighted by molar-refractivity contribution is -0.130. The van der Waals surface area contributed by atoms with E-state index in [-0.39, 0.29) is 23.9 Å². The Hall–Kier alpha value is -3.06. The van der Waals surface area contributed by atoms with Gasteiger partial charge in [0.25, 0.3) is 0 Å². The normalized spacial score (nSPS) is 16.6. The second kappa shape index (κ2) is 9.43. The number of hydrogen-bond donors (Lipinski definition) is 1. The van der Waals surface area contributed by atoms with Crippen molar-refractivity contribution in [3.05, 3.63) is 89.0 Å². The van der Waals surface area contributed by atoms with Gasteiger partial charge in [-0.25, -0.2) is 13.8 Å². The summed E-state index contributed by atoms with van der Waals surface area (Å²) in [4.78, 5) is 18.7. The Morgan fingerprint density at radius 2 is 1.73 bits per heavy atom. The van der Waals surface area contributed by atoms with Gasteiger partial charge in [0, 0.05) is 38.4 Å². The molecule has 2 heterocycles. The molecule has 3 aromatic rings. The van der Waals surface area contributed by atoms with Crippen LogP contribution in [0.25, 0.3) is 0 Å². The van der Waals surface area contributed by atoms with Crippen molar-refractivity contribution >= 4 is 5.91 Å². The molecule has 5 nitrogen and oxygen atoms in total. The van der Waals surface area contributed by atoms with Crippen LogP contribution in [0.15, 0.2) is 55.0 Å². The maximum Gasteiger partial charge on any atom is 0.240 e. The maximum atomic E-state index is 13.5. The number of likely N-dealkylation sites (tertiary alicyclic amines) is 1. The maximum absolute atomic E-state index is 13.5. The first-order valence-corrected chi connectivity index (χ1v) is 11.2. The Morgan fingerprint density at radius 1 is 1.03 bits per heavy atom. The van der Waals surface area contributed by atoms with Gasteiger partial charge < -0.3 is 14.8 Å². The summed E-state index contributed by atoms with van der Waals surface area (Å²) in [7, 11) is 0. The second-order valence-corrected chi connectivity index (χ2v) is 9.72. The number of benzene rings is 2. The van der Waals surface area contributed by atoms with E-state index in [1.807, 2.05) is 6.20 Å². The SMILES string of the molecule is CC(C)(C)c1ccc(Cn2cncc2CNC2CCN(Cc3cc(F)cc(F)c3)C2=O)cc1. The number of rotatable bonds is 7. The fourth-order valence-electron chi connectivity index (χ4n) is 4.18. The Balaban J connectivity index is 1.34. The summed E-state index contributed by atoms with van der Waals surface area (Å²) in [5.74, 6) is -1.32. The van der Waals surface area contributed by atoms with E-state index >= 15 is 0 Å². The van der Waals surface area contributed by atoms with Crippen LogP contribution in [-0.2, 0) is 29.8 Å². The van der Waals surface area contributed by atoms with E-state index < -0.39 is 11.6 Å². The van der Waals surface area contributed by atoms with Crippen LogP contribution in [0, 0.1) is 11.6 Å². The third kappa shape index (κ3) is 5.66. The average molecular weight is 453 g/mol. The number of imidazole rings is 1. The molecule has 1 unspecified atom stereocenters. The highest BCUT2D eigenvalue weighted by atomic mass is 19.1. The van der Waals surface area contributed by atoms with Crippen molar-refractivity contribution in [3.63, 3.8) is 0 Å². The molecule has 7 heteroatoms. The van der Waals surface area contributed by atoms with Gasteiger partial charge in [-0.05, 0) is 40.7 Å². The van der Waals surface area contributed by atoms with Crippen LogP contribution in [0.3, 0.4) is 0 Å². The van der Waals surface area contributed by atoms with E-state index in [9.17, 15) is 13.6 Å². The van der Waals surface area contributed by atoms with E-state index in [1.54, 1.807) is 11.2 Å². The van der Waals surface area contributed by atoms with E-state index in [0.29, 0.717) is 31.6 Å². The molecule has 1 fully saturated rings. The van der Waals surface area contributed by atoms with Crippen LogP contribution in [0.4, 0.5) is 8.78 Å². The molecule has 1 aromatic heterocycles. The third-order valence-electron chi connectivity index (χ3n) is 6.09. The minimum absolute atomic E-state index is 0.0523. The van der Waals surface area contributed by atoms with Gasteiger partial charge in [-0.15, -0.1) is 0 Å². The zero-order valence-corrected chi connectivity index (χ0v) is 19.3. The number of amides is 1. The Labute approximate surface area is 193 Å². The van der Waals surface area contributed by atoms with Crippen LogP contribution in [0.2, 0.25) is 0 Å². The van der Waals surface area contributed by atoms with Gasteiger partial charge in [0.2, 0.25) is 5.91 Å². The molecule has 1 amide bonds. The monoisotopic (exact) mass is 452 g/mol. The smallest absolute Gasteiger partial charge is 0.240 e. The zero-order valence-electron chi connectivity index (χ0n) is 19.3. The lowest BCUT2D eigenvalue weighted by atomic mass is 9.87. The largest absolute Gasteiger partial charge is 0.337 e. The van der Waals surface area contributed by atoms with Gasteiger partial charge in [0.1, 0.15) is 11.6 Å². The summed E-state index contributed by atoms with van der Waals surface area (Å²) >= 11 is 0. The lowest BCUT2D eigenvalue weighted by Crippen LogP contribution is -2.38. The molecule has 2 aromatic carbocycles. The highest BCUT2D eigenvalue weighted by Gasteiger charge is 2.31. The first kappa shape index (κ1) is 23.1. The van der Waals surface area contributed by atoms with Gasteiger partial charge in [-0.1, -0.05) is 45.0 Å². The fourth-order valence-corrected chi connectivity index (χ4v) is 4.18. The van der Waals surface area contributed by atoms with Gasteiger partial charge in [-0.3, -0.25) is 4.79 Å². The van der Waals surface area contributed by atoms with Crippen LogP contribution in [0.5, 0.6) is 0 Å². The topological polar surface area (TPSA) is 50.2 Å². The highest BCUT2D eigenvalue weighted by molar-refractivity contribution is 5.83. The van der Waals surface area contributed by atoms with Crippen molar-refractivity contribution in [2.24, 2.45) is 0 Å². The molecule has 1 N–H and O–H groups in total. The number of nitrogens with zero attached hydrogens (tertiary/aromatic N) is 3. The van der Waals surface area contributed by atoms with Crippen molar-refractivity contribution in [1.29, 1.82) is 0 Å². The summed E-state index contributed by atoms with van der Waals surface area (Å²) in [5, 5.41) is 3.33. The number of hydrogen-bond acceptors (Lipinski definition) is 3. The minimum Gasteiger partial charge on any atom is -0.337 e. The molecule has 33 heavy (non-hydrogen) atoms. The predicted molar refractivity (Wildman–Crippen MR) is 123 cm³/mol. The molecule has 1 aliphatic heterocycles. The van der Waals surface area contributed by atoms with Crippen LogP contribution in [-0.4, -0.2) is 32.9 Å². The molecule has 174 valence electrons. The van der Waals surface area contributed by atoms with Gasteiger partial charge in [0.15, 0.2) is 0 Å². The van der Waals surface area contributed by atoms with E-state index in [0.717, 1.165) is 11.8 Å². The highest BCUT2D eigenvalue weighted by Crippen LogP contribution is 2.23. The van der Waals surface area contributed by atoms with Gasteiger partial charge in [-0.2, -0.15) is 0 Å². The van der Waals surface area contributed by atoms with Crippen molar-refractivity contribution in [3.8, 4) is 0 Å². The number of halogens is 2. The standard InChI is InChI=1S/C26H30F2N4O/c1-26(2,3)20-6-4-18(5-7-20)15-32-17-29-13-23(32)14-30-24-8-9-31(25(24)33)16-19-10-21(27)12-22(28)11-19/h4-7,10-13,17,24,30H,8-9,14-16H2,1-3H3. The Bertz CT molecular complexity index is 1100. The van der Waals surface area contributed by atoms with Crippen molar-refractivity contribution in [2.75, 3.05) is 6.54 Å². The van der Waals surface area contributed by atoms with Crippen LogP contribution in [0.1, 0.15) is 49.6 Å². The molecule has 0 saturated carbocycles. The Kier molecular flexibility index (Phi) is 6.61. The van der Waals surface area contributed by atoms with Crippen molar-refractivity contribution in [2.45, 2.75) is 58.3 Å². The molecular weight excluding hydrogens is 422 g/mol. The summed E-state index contributed by atoms with van der Waals surface area (Å²) in [6.45, 7) is 8.56. The second-order valence-electron chi connectivity index (χ2n) is 9.72. The van der Waals surface area contributed by atoms with Gasteiger partial charge >= 0.3 is 0 Å². The van der Waals surface area contributed by atoms with Crippen LogP contribution < -0.4 is 5.32 Å². The first-order chi connectivity index (χ1) is 15.7. The average Bonchev–Trinajstić information content (AvgIpc) is 3.32. The van der Waals surface area contributed by atoms with Crippen molar-refractivity contribution < 1.29 is 13.6 Å². The molecule has 0 aliphatic carbocycles. The molecule has 0 bridgehead atoms. The van der Waals surface area contributed by atoms with Crippen molar-refractivity contribution in [1.82, 2.24) is 19.8 Å². The molecule has 1 atom stereocenters. The summed E-state index contributed by atoms with van der Waals surface area (Å²) in [5.41, 5.74) is 4.05. The third-order valence-corrected chi connectivity index (χ3v) is 6.09. The molecule has 1 saturated heterocycles. The van der Waals surface area contributed by atoms with Gasteiger partial charge in [0.05, 0.1) is 18.1 Å². The molecule has 4 rings (SSSR count). The fraction of sp³-hybridized carbons (Fsp3) is 0.385. The number of carbonyl (C=O) groups excluding carboxylic acids is 1. The summed E-state index contributed by atoms with van der Waals surface area (Å²) < 4.78 is 29.0. The summed E-state index contributed by atoms with van der Waals surface area (Å²) in [6, 6.07) is 11.7. The first-order valence-electron chi connectivity index (χ1n) is 11.2. The van der Waals surface area contributed by atoms with E-state index in [1.165, 1.54) is 23.3 Å². The molecular formula is C26H30F2N4O. The Morgan fingerprint density at radius 3 is 2.39 bits per heavy atom.